The number of hydrogen-bond acceptors (Lipinski definition) is 3. The number of hydrogen-bond donors (Lipinski definition) is 1. The molecule has 3 rings (SSSR count). The highest BCUT2D eigenvalue weighted by Crippen LogP contribution is 2.16. The summed E-state index contributed by atoms with van der Waals surface area (Å²) in [5, 5.41) is 4.35. The van der Waals surface area contributed by atoms with Gasteiger partial charge in [0.2, 0.25) is 5.91 Å². The predicted molar refractivity (Wildman–Crippen MR) is 93.4 cm³/mol. The molecule has 0 aromatic carbocycles. The van der Waals surface area contributed by atoms with Gasteiger partial charge in [-0.25, -0.2) is 0 Å². The van der Waals surface area contributed by atoms with E-state index < -0.39 is 0 Å². The molecule has 1 aliphatic heterocycles. The van der Waals surface area contributed by atoms with Crippen LogP contribution in [0.25, 0.3) is 6.08 Å². The molecule has 0 atom stereocenters. The van der Waals surface area contributed by atoms with Gasteiger partial charge in [0.1, 0.15) is 6.54 Å². The molecule has 22 heavy (non-hydrogen) atoms. The van der Waals surface area contributed by atoms with E-state index in [0.29, 0.717) is 0 Å². The molecule has 1 saturated heterocycles. The molecule has 1 N–H and O–H groups in total. The first kappa shape index (κ1) is 15.5. The number of thiophene rings is 2. The molecular weight excluding hydrogens is 312 g/mol. The third-order valence-electron chi connectivity index (χ3n) is 3.97. The third kappa shape index (κ3) is 4.06. The van der Waals surface area contributed by atoms with Crippen molar-refractivity contribution in [1.29, 1.82) is 0 Å². The van der Waals surface area contributed by atoms with Crippen LogP contribution in [0.1, 0.15) is 15.3 Å². The lowest BCUT2D eigenvalue weighted by molar-refractivity contribution is -0.917. The van der Waals surface area contributed by atoms with Crippen LogP contribution in [0.5, 0.6) is 0 Å². The number of piperazine rings is 1. The van der Waals surface area contributed by atoms with E-state index >= 15 is 0 Å². The van der Waals surface area contributed by atoms with Gasteiger partial charge in [-0.05, 0) is 42.0 Å². The Morgan fingerprint density at radius 3 is 2.77 bits per heavy atom. The Hall–Kier alpha value is -1.43. The molecule has 0 aliphatic carbocycles. The van der Waals surface area contributed by atoms with E-state index in [2.05, 4.69) is 35.9 Å². The molecule has 1 fully saturated rings. The van der Waals surface area contributed by atoms with Crippen LogP contribution in [-0.4, -0.2) is 37.0 Å². The average Bonchev–Trinajstić information content (AvgIpc) is 3.17. The van der Waals surface area contributed by atoms with Crippen LogP contribution in [0.15, 0.2) is 35.0 Å². The molecule has 5 heteroatoms. The number of quaternary nitrogens is 1. The van der Waals surface area contributed by atoms with Gasteiger partial charge < -0.3 is 9.80 Å². The van der Waals surface area contributed by atoms with Crippen molar-refractivity contribution in [3.05, 3.63) is 50.4 Å². The van der Waals surface area contributed by atoms with Gasteiger partial charge in [0.15, 0.2) is 0 Å². The van der Waals surface area contributed by atoms with Gasteiger partial charge in [0.25, 0.3) is 0 Å². The second-order valence-corrected chi connectivity index (χ2v) is 7.76. The number of carbonyl (C=O) groups is 1. The van der Waals surface area contributed by atoms with Gasteiger partial charge in [-0.15, -0.1) is 11.3 Å². The average molecular weight is 334 g/mol. The molecule has 1 aliphatic rings. The summed E-state index contributed by atoms with van der Waals surface area (Å²) in [5.74, 6) is 0.139. The quantitative estimate of drug-likeness (QED) is 0.851. The Labute approximate surface area is 139 Å². The first-order chi connectivity index (χ1) is 10.7. The zero-order valence-electron chi connectivity index (χ0n) is 12.7. The maximum Gasteiger partial charge on any atom is 0.247 e. The molecule has 3 nitrogen and oxygen atoms in total. The van der Waals surface area contributed by atoms with Gasteiger partial charge >= 0.3 is 0 Å². The Balaban J connectivity index is 1.48. The largest absolute Gasteiger partial charge is 0.328 e. The molecule has 0 radical (unpaired) electrons. The molecule has 116 valence electrons. The third-order valence-corrected chi connectivity index (χ3v) is 5.67. The monoisotopic (exact) mass is 333 g/mol. The van der Waals surface area contributed by atoms with Gasteiger partial charge in [-0.3, -0.25) is 4.79 Å². The zero-order valence-corrected chi connectivity index (χ0v) is 14.4. The number of carbonyl (C=O) groups excluding carboxylic acids is 1. The van der Waals surface area contributed by atoms with E-state index in [1.54, 1.807) is 33.6 Å². The first-order valence-corrected chi connectivity index (χ1v) is 9.35. The fourth-order valence-corrected chi connectivity index (χ4v) is 4.15. The fourth-order valence-electron chi connectivity index (χ4n) is 2.70. The van der Waals surface area contributed by atoms with Crippen LogP contribution in [0.2, 0.25) is 0 Å². The molecular formula is C17H21N2OS2+. The Morgan fingerprint density at radius 2 is 2.14 bits per heavy atom. The lowest BCUT2D eigenvalue weighted by atomic mass is 10.2. The molecule has 0 saturated carbocycles. The van der Waals surface area contributed by atoms with Gasteiger partial charge in [0, 0.05) is 21.4 Å². The number of aryl methyl sites for hydroxylation is 1. The zero-order chi connectivity index (χ0) is 15.4. The number of rotatable bonds is 4. The predicted octanol–water partition coefficient (Wildman–Crippen LogP) is 2.06. The van der Waals surface area contributed by atoms with Crippen molar-refractivity contribution in [2.75, 3.05) is 26.2 Å². The normalized spacial score (nSPS) is 16.5. The van der Waals surface area contributed by atoms with E-state index in [4.69, 9.17) is 0 Å². The van der Waals surface area contributed by atoms with E-state index in [0.717, 1.165) is 37.6 Å². The van der Waals surface area contributed by atoms with Crippen LogP contribution in [0, 0.1) is 6.92 Å². The standard InChI is InChI=1S/C17H20N2OS2/c1-14-2-3-16(22-14)4-5-17(20)19-9-7-18(8-10-19)12-15-6-11-21-13-15/h2-6,11,13H,7-10,12H2,1H3/p+1/b5-4+. The molecule has 3 heterocycles. The maximum atomic E-state index is 12.2. The highest BCUT2D eigenvalue weighted by Gasteiger charge is 2.22. The van der Waals surface area contributed by atoms with Crippen LogP contribution < -0.4 is 4.90 Å². The number of amides is 1. The highest BCUT2D eigenvalue weighted by atomic mass is 32.1. The van der Waals surface area contributed by atoms with Crippen molar-refractivity contribution in [3.63, 3.8) is 0 Å². The van der Waals surface area contributed by atoms with Gasteiger partial charge in [-0.1, -0.05) is 0 Å². The summed E-state index contributed by atoms with van der Waals surface area (Å²) >= 11 is 3.47. The van der Waals surface area contributed by atoms with Crippen molar-refractivity contribution in [2.24, 2.45) is 0 Å². The van der Waals surface area contributed by atoms with Crippen LogP contribution in [0.4, 0.5) is 0 Å². The van der Waals surface area contributed by atoms with Gasteiger partial charge in [0.05, 0.1) is 26.2 Å². The van der Waals surface area contributed by atoms with E-state index in [9.17, 15) is 4.79 Å². The van der Waals surface area contributed by atoms with E-state index in [1.807, 2.05) is 11.0 Å². The number of nitrogens with one attached hydrogen (secondary N) is 1. The Bertz CT molecular complexity index is 637. The highest BCUT2D eigenvalue weighted by molar-refractivity contribution is 7.12. The first-order valence-electron chi connectivity index (χ1n) is 7.59. The van der Waals surface area contributed by atoms with Crippen LogP contribution in [0.3, 0.4) is 0 Å². The fraction of sp³-hybridized carbons (Fsp3) is 0.353. The van der Waals surface area contributed by atoms with Gasteiger partial charge in [-0.2, -0.15) is 11.3 Å². The topological polar surface area (TPSA) is 24.8 Å². The summed E-state index contributed by atoms with van der Waals surface area (Å²) in [5.41, 5.74) is 1.41. The van der Waals surface area contributed by atoms with Crippen molar-refractivity contribution >= 4 is 34.7 Å². The van der Waals surface area contributed by atoms with E-state index in [-0.39, 0.29) is 5.91 Å². The summed E-state index contributed by atoms with van der Waals surface area (Å²) in [4.78, 5) is 18.2. The Kier molecular flexibility index (Phi) is 5.08. The Morgan fingerprint density at radius 1 is 1.32 bits per heavy atom. The van der Waals surface area contributed by atoms with Crippen molar-refractivity contribution in [2.45, 2.75) is 13.5 Å². The van der Waals surface area contributed by atoms with Crippen molar-refractivity contribution < 1.29 is 9.69 Å². The molecule has 1 amide bonds. The summed E-state index contributed by atoms with van der Waals surface area (Å²) in [6.45, 7) is 6.94. The van der Waals surface area contributed by atoms with Crippen LogP contribution in [-0.2, 0) is 11.3 Å². The minimum absolute atomic E-state index is 0.139. The summed E-state index contributed by atoms with van der Waals surface area (Å²) in [7, 11) is 0. The van der Waals surface area contributed by atoms with Crippen LogP contribution >= 0.6 is 22.7 Å². The SMILES string of the molecule is Cc1ccc(/C=C/C(=O)N2CC[NH+](Cc3ccsc3)CC2)s1. The molecule has 0 spiro atoms. The molecule has 0 unspecified atom stereocenters. The summed E-state index contributed by atoms with van der Waals surface area (Å²) in [6.07, 6.45) is 3.65. The lowest BCUT2D eigenvalue weighted by Crippen LogP contribution is -3.13. The second-order valence-electron chi connectivity index (χ2n) is 5.67. The van der Waals surface area contributed by atoms with Crippen molar-refractivity contribution in [1.82, 2.24) is 4.90 Å². The minimum atomic E-state index is 0.139. The lowest BCUT2D eigenvalue weighted by Gasteiger charge is -2.31. The molecule has 0 bridgehead atoms. The van der Waals surface area contributed by atoms with E-state index in [1.165, 1.54) is 10.4 Å². The molecule has 2 aromatic rings. The molecule has 2 aromatic heterocycles. The summed E-state index contributed by atoms with van der Waals surface area (Å²) < 4.78 is 0. The number of nitrogens with zero attached hydrogens (tertiary/aromatic N) is 1. The van der Waals surface area contributed by atoms with Crippen molar-refractivity contribution in [3.8, 4) is 0 Å². The smallest absolute Gasteiger partial charge is 0.247 e. The minimum Gasteiger partial charge on any atom is -0.328 e. The maximum absolute atomic E-state index is 12.2. The second kappa shape index (κ2) is 7.22. The summed E-state index contributed by atoms with van der Waals surface area (Å²) in [6, 6.07) is 6.34.